The van der Waals surface area contributed by atoms with Crippen molar-refractivity contribution in [3.05, 3.63) is 89.6 Å². The number of aromatic carboxylic acids is 1. The third kappa shape index (κ3) is 4.38. The van der Waals surface area contributed by atoms with Crippen LogP contribution in [0.2, 0.25) is 0 Å². The van der Waals surface area contributed by atoms with Crippen LogP contribution in [-0.2, 0) is 12.7 Å². The lowest BCUT2D eigenvalue weighted by Gasteiger charge is -2.12. The zero-order valence-corrected chi connectivity index (χ0v) is 18.2. The molecule has 1 aliphatic rings. The zero-order chi connectivity index (χ0) is 23.9. The minimum atomic E-state index is -4.47. The Morgan fingerprint density at radius 2 is 1.74 bits per heavy atom. The molecule has 0 bridgehead atoms. The van der Waals surface area contributed by atoms with Crippen LogP contribution in [0.15, 0.2) is 72.8 Å². The van der Waals surface area contributed by atoms with Crippen LogP contribution in [0.4, 0.5) is 13.2 Å². The van der Waals surface area contributed by atoms with Crippen molar-refractivity contribution in [2.75, 3.05) is 6.61 Å². The van der Waals surface area contributed by atoms with Gasteiger partial charge >= 0.3 is 12.1 Å². The quantitative estimate of drug-likeness (QED) is 0.324. The van der Waals surface area contributed by atoms with Crippen LogP contribution < -0.4 is 4.74 Å². The van der Waals surface area contributed by atoms with Crippen LogP contribution in [0.3, 0.4) is 0 Å². The zero-order valence-electron chi connectivity index (χ0n) is 18.2. The van der Waals surface area contributed by atoms with Crippen molar-refractivity contribution in [2.24, 2.45) is 5.92 Å². The lowest BCUT2D eigenvalue weighted by atomic mass is 10.0. The van der Waals surface area contributed by atoms with E-state index in [4.69, 9.17) is 4.74 Å². The number of halogens is 3. The molecule has 1 N–H and O–H groups in total. The first kappa shape index (κ1) is 22.1. The number of rotatable bonds is 7. The van der Waals surface area contributed by atoms with Gasteiger partial charge in [-0.05, 0) is 60.2 Å². The number of hydrogen-bond acceptors (Lipinski definition) is 2. The van der Waals surface area contributed by atoms with Gasteiger partial charge in [0.15, 0.2) is 0 Å². The summed E-state index contributed by atoms with van der Waals surface area (Å²) in [5, 5.41) is 10.9. The predicted molar refractivity (Wildman–Crippen MR) is 123 cm³/mol. The van der Waals surface area contributed by atoms with E-state index in [-0.39, 0.29) is 12.2 Å². The normalized spacial score (nSPS) is 13.9. The number of carboxylic acids is 1. The van der Waals surface area contributed by atoms with Crippen molar-refractivity contribution in [1.82, 2.24) is 4.57 Å². The van der Waals surface area contributed by atoms with Gasteiger partial charge in [-0.1, -0.05) is 42.5 Å². The fraction of sp³-hybridized carbons (Fsp3) is 0.222. The largest absolute Gasteiger partial charge is 0.493 e. The lowest BCUT2D eigenvalue weighted by molar-refractivity contribution is -0.137. The first-order valence-electron chi connectivity index (χ1n) is 11.0. The van der Waals surface area contributed by atoms with Gasteiger partial charge in [0.2, 0.25) is 0 Å². The Kier molecular flexibility index (Phi) is 5.55. The molecule has 174 valence electrons. The number of ether oxygens (including phenoxy) is 1. The molecule has 34 heavy (non-hydrogen) atoms. The molecule has 0 saturated heterocycles. The Labute approximate surface area is 194 Å². The van der Waals surface area contributed by atoms with Crippen molar-refractivity contribution >= 4 is 16.9 Å². The van der Waals surface area contributed by atoms with Crippen molar-refractivity contribution in [2.45, 2.75) is 25.6 Å². The number of benzene rings is 3. The number of para-hydroxylation sites is 1. The summed E-state index contributed by atoms with van der Waals surface area (Å²) < 4.78 is 47.0. The Morgan fingerprint density at radius 3 is 2.41 bits per heavy atom. The summed E-state index contributed by atoms with van der Waals surface area (Å²) in [4.78, 5) is 12.4. The van der Waals surface area contributed by atoms with Gasteiger partial charge in [0, 0.05) is 23.0 Å². The number of hydrogen-bond donors (Lipinski definition) is 1. The van der Waals surface area contributed by atoms with Gasteiger partial charge in [0.1, 0.15) is 11.4 Å². The van der Waals surface area contributed by atoms with Gasteiger partial charge in [-0.2, -0.15) is 13.2 Å². The van der Waals surface area contributed by atoms with Crippen LogP contribution in [0.5, 0.6) is 5.75 Å². The van der Waals surface area contributed by atoms with E-state index in [9.17, 15) is 23.1 Å². The van der Waals surface area contributed by atoms with Crippen LogP contribution in [0, 0.1) is 5.92 Å². The Hall–Kier alpha value is -3.74. The van der Waals surface area contributed by atoms with E-state index in [1.807, 2.05) is 36.4 Å². The average molecular weight is 465 g/mol. The summed E-state index contributed by atoms with van der Waals surface area (Å²) in [5.41, 5.74) is 1.51. The molecule has 0 atom stereocenters. The van der Waals surface area contributed by atoms with Gasteiger partial charge < -0.3 is 14.4 Å². The van der Waals surface area contributed by atoms with Gasteiger partial charge in [0.05, 0.1) is 12.2 Å². The maximum atomic E-state index is 13.2. The number of aromatic nitrogens is 1. The Bertz CT molecular complexity index is 1350. The van der Waals surface area contributed by atoms with Crippen LogP contribution in [-0.4, -0.2) is 22.2 Å². The van der Waals surface area contributed by atoms with Crippen molar-refractivity contribution in [3.8, 4) is 16.9 Å². The molecule has 1 aliphatic carbocycles. The van der Waals surface area contributed by atoms with Gasteiger partial charge in [-0.3, -0.25) is 0 Å². The van der Waals surface area contributed by atoms with E-state index in [0.29, 0.717) is 34.7 Å². The second-order valence-electron chi connectivity index (χ2n) is 8.61. The molecule has 1 saturated carbocycles. The van der Waals surface area contributed by atoms with Gasteiger partial charge in [-0.25, -0.2) is 4.79 Å². The van der Waals surface area contributed by atoms with Gasteiger partial charge in [-0.15, -0.1) is 0 Å². The molecular weight excluding hydrogens is 443 g/mol. The average Bonchev–Trinajstić information content (AvgIpc) is 3.59. The molecule has 5 rings (SSSR count). The molecule has 3 aromatic carbocycles. The number of fused-ring (bicyclic) bond motifs is 1. The summed E-state index contributed by atoms with van der Waals surface area (Å²) >= 11 is 0. The Balaban J connectivity index is 1.58. The predicted octanol–water partition coefficient (Wildman–Crippen LogP) is 6.86. The summed E-state index contributed by atoms with van der Waals surface area (Å²) in [7, 11) is 0. The van der Waals surface area contributed by atoms with E-state index in [1.54, 1.807) is 22.8 Å². The maximum Gasteiger partial charge on any atom is 0.416 e. The molecule has 1 aromatic heterocycles. The maximum absolute atomic E-state index is 13.2. The number of carbonyl (C=O) groups is 1. The van der Waals surface area contributed by atoms with Crippen LogP contribution in [0.25, 0.3) is 22.0 Å². The van der Waals surface area contributed by atoms with E-state index >= 15 is 0 Å². The third-order valence-electron chi connectivity index (χ3n) is 6.09. The molecule has 0 unspecified atom stereocenters. The molecule has 0 aliphatic heterocycles. The SMILES string of the molecule is O=C(O)c1c(-c2ccc(OCC3CC3)cc2)c2ccccc2n1Cc1cccc(C(F)(F)F)c1. The van der Waals surface area contributed by atoms with Gasteiger partial charge in [0.25, 0.3) is 0 Å². The monoisotopic (exact) mass is 465 g/mol. The van der Waals surface area contributed by atoms with E-state index in [0.717, 1.165) is 23.3 Å². The van der Waals surface area contributed by atoms with Crippen LogP contribution >= 0.6 is 0 Å². The summed E-state index contributed by atoms with van der Waals surface area (Å²) in [6.45, 7) is 0.671. The highest BCUT2D eigenvalue weighted by atomic mass is 19.4. The number of nitrogens with zero attached hydrogens (tertiary/aromatic N) is 1. The topological polar surface area (TPSA) is 51.5 Å². The first-order chi connectivity index (χ1) is 16.3. The smallest absolute Gasteiger partial charge is 0.416 e. The highest BCUT2D eigenvalue weighted by molar-refractivity contribution is 6.08. The number of carboxylic acid groups (broad SMARTS) is 1. The minimum Gasteiger partial charge on any atom is -0.493 e. The summed E-state index contributed by atoms with van der Waals surface area (Å²) in [6, 6.07) is 19.5. The molecule has 0 spiro atoms. The second kappa shape index (κ2) is 8.56. The fourth-order valence-corrected chi connectivity index (χ4v) is 4.23. The van der Waals surface area contributed by atoms with Crippen molar-refractivity contribution in [3.63, 3.8) is 0 Å². The van der Waals surface area contributed by atoms with Crippen molar-refractivity contribution < 1.29 is 27.8 Å². The van der Waals surface area contributed by atoms with E-state index in [1.165, 1.54) is 18.9 Å². The minimum absolute atomic E-state index is 0.00531. The molecule has 1 heterocycles. The fourth-order valence-electron chi connectivity index (χ4n) is 4.23. The highest BCUT2D eigenvalue weighted by Gasteiger charge is 2.31. The first-order valence-corrected chi connectivity index (χ1v) is 11.0. The molecule has 4 nitrogen and oxygen atoms in total. The Morgan fingerprint density at radius 1 is 1.00 bits per heavy atom. The van der Waals surface area contributed by atoms with E-state index < -0.39 is 17.7 Å². The summed E-state index contributed by atoms with van der Waals surface area (Å²) in [5.74, 6) is 0.194. The van der Waals surface area contributed by atoms with Crippen molar-refractivity contribution in [1.29, 1.82) is 0 Å². The summed E-state index contributed by atoms with van der Waals surface area (Å²) in [6.07, 6.45) is -2.10. The lowest BCUT2D eigenvalue weighted by Crippen LogP contribution is -2.12. The molecule has 0 radical (unpaired) electrons. The number of alkyl halides is 3. The molecule has 7 heteroatoms. The molecular formula is C27H22F3NO3. The molecule has 0 amide bonds. The van der Waals surface area contributed by atoms with E-state index in [2.05, 4.69) is 0 Å². The molecule has 1 fully saturated rings. The highest BCUT2D eigenvalue weighted by Crippen LogP contribution is 2.37. The van der Waals surface area contributed by atoms with Crippen LogP contribution in [0.1, 0.15) is 34.5 Å². The molecule has 4 aromatic rings. The third-order valence-corrected chi connectivity index (χ3v) is 6.09. The second-order valence-corrected chi connectivity index (χ2v) is 8.61. The standard InChI is InChI=1S/C27H22F3NO3/c28-27(29,30)20-5-3-4-18(14-20)15-31-23-7-2-1-6-22(23)24(25(31)26(32)33)19-10-12-21(13-11-19)34-16-17-8-9-17/h1-7,10-14,17H,8-9,15-16H2,(H,32,33).